The summed E-state index contributed by atoms with van der Waals surface area (Å²) < 4.78 is 5.54. The van der Waals surface area contributed by atoms with E-state index < -0.39 is 4.92 Å². The molecular weight excluding hydrogens is 272 g/mol. The molecular formula is C15H24N2O4. The minimum atomic E-state index is -0.410. The van der Waals surface area contributed by atoms with Crippen molar-refractivity contribution in [3.05, 3.63) is 28.3 Å². The van der Waals surface area contributed by atoms with Crippen LogP contribution in [0.5, 0.6) is 5.75 Å². The zero-order valence-electron chi connectivity index (χ0n) is 12.9. The fraction of sp³-hybridized carbons (Fsp3) is 0.600. The summed E-state index contributed by atoms with van der Waals surface area (Å²) in [5, 5.41) is 20.1. The number of rotatable bonds is 9. The summed E-state index contributed by atoms with van der Waals surface area (Å²) >= 11 is 0. The second-order valence-electron chi connectivity index (χ2n) is 5.15. The normalized spacial score (nSPS) is 10.7. The molecule has 0 spiro atoms. The lowest BCUT2D eigenvalue weighted by Gasteiger charge is -2.29. The van der Waals surface area contributed by atoms with E-state index in [0.29, 0.717) is 25.3 Å². The largest absolute Gasteiger partial charge is 0.493 e. The molecule has 0 unspecified atom stereocenters. The van der Waals surface area contributed by atoms with E-state index in [-0.39, 0.29) is 18.3 Å². The van der Waals surface area contributed by atoms with Gasteiger partial charge in [-0.05, 0) is 26.7 Å². The molecule has 0 aliphatic rings. The summed E-state index contributed by atoms with van der Waals surface area (Å²) in [6, 6.07) is 5.00. The number of benzene rings is 1. The van der Waals surface area contributed by atoms with Crippen molar-refractivity contribution in [1.82, 2.24) is 0 Å². The highest BCUT2D eigenvalue weighted by Gasteiger charge is 2.17. The van der Waals surface area contributed by atoms with Gasteiger partial charge in [0.15, 0.2) is 0 Å². The first-order valence-corrected chi connectivity index (χ1v) is 7.29. The van der Waals surface area contributed by atoms with Crippen LogP contribution in [-0.2, 0) is 0 Å². The predicted molar refractivity (Wildman–Crippen MR) is 83.1 cm³/mol. The summed E-state index contributed by atoms with van der Waals surface area (Å²) in [6.45, 7) is 7.28. The lowest BCUT2D eigenvalue weighted by Crippen LogP contribution is -2.32. The van der Waals surface area contributed by atoms with Crippen molar-refractivity contribution in [2.24, 2.45) is 0 Å². The molecule has 0 saturated carbocycles. The summed E-state index contributed by atoms with van der Waals surface area (Å²) in [5.74, 6) is 0.510. The van der Waals surface area contributed by atoms with Crippen LogP contribution >= 0.6 is 0 Å². The molecule has 0 aliphatic carbocycles. The van der Waals surface area contributed by atoms with Gasteiger partial charge in [0.1, 0.15) is 5.75 Å². The minimum Gasteiger partial charge on any atom is -0.493 e. The van der Waals surface area contributed by atoms with E-state index in [1.54, 1.807) is 6.07 Å². The van der Waals surface area contributed by atoms with Gasteiger partial charge in [-0.2, -0.15) is 0 Å². The third-order valence-electron chi connectivity index (χ3n) is 3.07. The van der Waals surface area contributed by atoms with Gasteiger partial charge < -0.3 is 14.7 Å². The van der Waals surface area contributed by atoms with Crippen molar-refractivity contribution in [1.29, 1.82) is 0 Å². The van der Waals surface area contributed by atoms with E-state index in [9.17, 15) is 10.1 Å². The molecule has 6 heteroatoms. The molecule has 118 valence electrons. The van der Waals surface area contributed by atoms with Crippen molar-refractivity contribution in [2.45, 2.75) is 39.7 Å². The van der Waals surface area contributed by atoms with Crippen LogP contribution in [0.1, 0.15) is 33.6 Å². The van der Waals surface area contributed by atoms with Gasteiger partial charge in [-0.3, -0.25) is 10.1 Å². The van der Waals surface area contributed by atoms with Crippen molar-refractivity contribution >= 4 is 11.4 Å². The van der Waals surface area contributed by atoms with Crippen molar-refractivity contribution < 1.29 is 14.8 Å². The molecule has 21 heavy (non-hydrogen) atoms. The Balaban J connectivity index is 3.11. The average Bonchev–Trinajstić information content (AvgIpc) is 2.45. The first kappa shape index (κ1) is 17.2. The number of ether oxygens (including phenoxy) is 1. The van der Waals surface area contributed by atoms with Crippen LogP contribution < -0.4 is 9.64 Å². The number of hydrogen-bond acceptors (Lipinski definition) is 5. The Morgan fingerprint density at radius 2 is 2.10 bits per heavy atom. The van der Waals surface area contributed by atoms with Gasteiger partial charge in [0.2, 0.25) is 0 Å². The number of aliphatic hydroxyl groups is 1. The van der Waals surface area contributed by atoms with Gasteiger partial charge in [0.25, 0.3) is 5.69 Å². The zero-order chi connectivity index (χ0) is 15.8. The van der Waals surface area contributed by atoms with Crippen molar-refractivity contribution in [3.63, 3.8) is 0 Å². The van der Waals surface area contributed by atoms with Crippen LogP contribution in [0.3, 0.4) is 0 Å². The highest BCUT2D eigenvalue weighted by atomic mass is 16.6. The lowest BCUT2D eigenvalue weighted by atomic mass is 10.2. The Morgan fingerprint density at radius 3 is 2.62 bits per heavy atom. The smallest absolute Gasteiger partial charge is 0.275 e. The summed E-state index contributed by atoms with van der Waals surface area (Å²) in [4.78, 5) is 12.7. The number of nitrogens with zero attached hydrogens (tertiary/aromatic N) is 2. The monoisotopic (exact) mass is 296 g/mol. The topological polar surface area (TPSA) is 75.8 Å². The summed E-state index contributed by atoms with van der Waals surface area (Å²) in [5.41, 5.74) is 0.770. The van der Waals surface area contributed by atoms with Gasteiger partial charge in [-0.25, -0.2) is 0 Å². The molecule has 0 atom stereocenters. The maximum atomic E-state index is 11.1. The van der Waals surface area contributed by atoms with Gasteiger partial charge in [0, 0.05) is 37.0 Å². The third kappa shape index (κ3) is 5.23. The SMILES string of the molecule is CCCOc1cc(N(CCCO)C(C)C)cc([N+](=O)[O-])c1. The van der Waals surface area contributed by atoms with Crippen LogP contribution in [0, 0.1) is 10.1 Å². The first-order valence-electron chi connectivity index (χ1n) is 7.29. The fourth-order valence-electron chi connectivity index (χ4n) is 2.07. The Kier molecular flexibility index (Phi) is 6.94. The second kappa shape index (κ2) is 8.46. The van der Waals surface area contributed by atoms with Crippen LogP contribution in [0.25, 0.3) is 0 Å². The fourth-order valence-corrected chi connectivity index (χ4v) is 2.07. The zero-order valence-corrected chi connectivity index (χ0v) is 12.9. The first-order chi connectivity index (χ1) is 9.99. The van der Waals surface area contributed by atoms with E-state index in [0.717, 1.165) is 12.1 Å². The number of anilines is 1. The molecule has 0 heterocycles. The van der Waals surface area contributed by atoms with Crippen LogP contribution in [-0.4, -0.2) is 35.8 Å². The number of non-ortho nitro benzene ring substituents is 1. The second-order valence-corrected chi connectivity index (χ2v) is 5.15. The highest BCUT2D eigenvalue weighted by Crippen LogP contribution is 2.29. The third-order valence-corrected chi connectivity index (χ3v) is 3.07. The molecule has 0 aliphatic heterocycles. The molecule has 0 amide bonds. The van der Waals surface area contributed by atoms with E-state index in [1.807, 2.05) is 31.7 Å². The van der Waals surface area contributed by atoms with Crippen LogP contribution in [0.2, 0.25) is 0 Å². The molecule has 0 fully saturated rings. The quantitative estimate of drug-likeness (QED) is 0.560. The Labute approximate surface area is 125 Å². The molecule has 1 rings (SSSR count). The molecule has 0 radical (unpaired) electrons. The molecule has 1 aromatic carbocycles. The van der Waals surface area contributed by atoms with Gasteiger partial charge in [-0.1, -0.05) is 6.92 Å². The Morgan fingerprint density at radius 1 is 1.38 bits per heavy atom. The van der Waals surface area contributed by atoms with Gasteiger partial charge >= 0.3 is 0 Å². The molecule has 6 nitrogen and oxygen atoms in total. The molecule has 0 aromatic heterocycles. The molecule has 1 aromatic rings. The number of nitro benzene ring substituents is 1. The summed E-state index contributed by atoms with van der Waals surface area (Å²) in [6.07, 6.45) is 1.46. The Bertz CT molecular complexity index is 463. The van der Waals surface area contributed by atoms with Crippen molar-refractivity contribution in [3.8, 4) is 5.75 Å². The van der Waals surface area contributed by atoms with Crippen LogP contribution in [0.4, 0.5) is 11.4 Å². The number of hydrogen-bond donors (Lipinski definition) is 1. The van der Waals surface area contributed by atoms with Gasteiger partial charge in [0.05, 0.1) is 17.6 Å². The number of nitro groups is 1. The minimum absolute atomic E-state index is 0.0215. The van der Waals surface area contributed by atoms with E-state index >= 15 is 0 Å². The van der Waals surface area contributed by atoms with E-state index in [2.05, 4.69) is 0 Å². The molecule has 0 saturated heterocycles. The molecule has 0 bridgehead atoms. The summed E-state index contributed by atoms with van der Waals surface area (Å²) in [7, 11) is 0. The van der Waals surface area contributed by atoms with Crippen LogP contribution in [0.15, 0.2) is 18.2 Å². The maximum Gasteiger partial charge on any atom is 0.275 e. The van der Waals surface area contributed by atoms with Gasteiger partial charge in [-0.15, -0.1) is 0 Å². The lowest BCUT2D eigenvalue weighted by molar-refractivity contribution is -0.384. The van der Waals surface area contributed by atoms with E-state index in [1.165, 1.54) is 6.07 Å². The number of aliphatic hydroxyl groups excluding tert-OH is 1. The van der Waals surface area contributed by atoms with Crippen molar-refractivity contribution in [2.75, 3.05) is 24.7 Å². The van der Waals surface area contributed by atoms with E-state index in [4.69, 9.17) is 9.84 Å². The Hall–Kier alpha value is -1.82. The highest BCUT2D eigenvalue weighted by molar-refractivity contribution is 5.58. The average molecular weight is 296 g/mol. The predicted octanol–water partition coefficient (Wildman–Crippen LogP) is 2.98. The standard InChI is InChI=1S/C15H24N2O4/c1-4-8-21-15-10-13(9-14(11-15)17(19)20)16(12(2)3)6-5-7-18/h9-12,18H,4-8H2,1-3H3. The maximum absolute atomic E-state index is 11.1. The molecule has 1 N–H and O–H groups in total.